The molecule has 4 N–H and O–H groups in total. The molecule has 0 radical (unpaired) electrons. The summed E-state index contributed by atoms with van der Waals surface area (Å²) in [7, 11) is 0. The number of aromatic nitrogens is 3. The Morgan fingerprint density at radius 3 is 2.80 bits per heavy atom. The molecule has 2 aliphatic rings. The van der Waals surface area contributed by atoms with E-state index in [9.17, 15) is 14.7 Å². The van der Waals surface area contributed by atoms with Crippen LogP contribution in [-0.4, -0.2) is 68.7 Å². The number of hydrogen-bond acceptors (Lipinski definition) is 8. The van der Waals surface area contributed by atoms with Crippen molar-refractivity contribution < 1.29 is 14.7 Å². The summed E-state index contributed by atoms with van der Waals surface area (Å²) in [5.74, 6) is 0.0515. The molecule has 3 heterocycles. The molecule has 1 saturated heterocycles. The van der Waals surface area contributed by atoms with Crippen LogP contribution >= 0.6 is 11.3 Å². The van der Waals surface area contributed by atoms with Gasteiger partial charge in [-0.15, -0.1) is 0 Å². The maximum absolute atomic E-state index is 12.7. The Morgan fingerprint density at radius 2 is 2.10 bits per heavy atom. The normalized spacial score (nSPS) is 19.9. The maximum Gasteiger partial charge on any atom is 0.324 e. The molecule has 4 rings (SSSR count). The first kappa shape index (κ1) is 20.5. The second kappa shape index (κ2) is 8.15. The number of aliphatic hydroxyl groups is 1. The predicted molar refractivity (Wildman–Crippen MR) is 113 cm³/mol. The molecular weight excluding hydrogens is 406 g/mol. The fraction of sp³-hybridized carbons (Fsp3) is 0.526. The van der Waals surface area contributed by atoms with Crippen LogP contribution < -0.4 is 16.0 Å². The van der Waals surface area contributed by atoms with Crippen molar-refractivity contribution in [3.05, 3.63) is 17.5 Å². The van der Waals surface area contributed by atoms with Crippen molar-refractivity contribution in [1.82, 2.24) is 19.9 Å². The molecule has 2 atom stereocenters. The minimum absolute atomic E-state index is 0.0633. The van der Waals surface area contributed by atoms with E-state index in [2.05, 4.69) is 34.0 Å². The van der Waals surface area contributed by atoms with E-state index in [1.807, 2.05) is 6.20 Å². The molecule has 11 heteroatoms. The van der Waals surface area contributed by atoms with E-state index in [1.165, 1.54) is 16.2 Å². The van der Waals surface area contributed by atoms with Gasteiger partial charge in [-0.2, -0.15) is 0 Å². The number of urea groups is 1. The largest absolute Gasteiger partial charge is 0.391 e. The highest BCUT2D eigenvalue weighted by Gasteiger charge is 2.38. The van der Waals surface area contributed by atoms with Gasteiger partial charge in [-0.25, -0.2) is 19.7 Å². The first-order valence-electron chi connectivity index (χ1n) is 10.1. The van der Waals surface area contributed by atoms with Gasteiger partial charge in [0.1, 0.15) is 6.04 Å². The first-order valence-corrected chi connectivity index (χ1v) is 10.9. The molecule has 160 valence electrons. The molecule has 3 amide bonds. The molecule has 30 heavy (non-hydrogen) atoms. The lowest BCUT2D eigenvalue weighted by Crippen LogP contribution is -2.45. The summed E-state index contributed by atoms with van der Waals surface area (Å²) >= 11 is 1.35. The van der Waals surface area contributed by atoms with Gasteiger partial charge in [-0.05, 0) is 32.3 Å². The number of aliphatic hydroxyl groups excluding tert-OH is 1. The Hall–Kier alpha value is -2.79. The minimum atomic E-state index is -0.820. The predicted octanol–water partition coefficient (Wildman–Crippen LogP) is 0.997. The minimum Gasteiger partial charge on any atom is -0.391 e. The maximum atomic E-state index is 12.7. The third-order valence-electron chi connectivity index (χ3n) is 5.52. The van der Waals surface area contributed by atoms with E-state index in [0.717, 1.165) is 47.8 Å². The van der Waals surface area contributed by atoms with Gasteiger partial charge in [0.05, 0.1) is 22.4 Å². The van der Waals surface area contributed by atoms with Crippen molar-refractivity contribution in [2.24, 2.45) is 5.73 Å². The number of amides is 3. The third kappa shape index (κ3) is 3.70. The van der Waals surface area contributed by atoms with Crippen LogP contribution in [0, 0.1) is 0 Å². The van der Waals surface area contributed by atoms with Gasteiger partial charge in [0.25, 0.3) is 0 Å². The smallest absolute Gasteiger partial charge is 0.324 e. The SMILES string of the molecule is CCN(CC)c1ncc2c(n1)-c1sc(NC(=O)N3C[C@H](O)C[C@H]3C(N)=O)nc1CC2. The Labute approximate surface area is 178 Å². The molecule has 10 nitrogen and oxygen atoms in total. The number of nitrogens with zero attached hydrogens (tertiary/aromatic N) is 5. The zero-order valence-electron chi connectivity index (χ0n) is 17.0. The van der Waals surface area contributed by atoms with Crippen LogP contribution in [0.5, 0.6) is 0 Å². The molecule has 0 unspecified atom stereocenters. The highest BCUT2D eigenvalue weighted by Crippen LogP contribution is 2.39. The molecule has 1 aliphatic heterocycles. The van der Waals surface area contributed by atoms with Crippen LogP contribution in [0.3, 0.4) is 0 Å². The van der Waals surface area contributed by atoms with Crippen LogP contribution in [0.4, 0.5) is 15.9 Å². The molecule has 1 fully saturated rings. The summed E-state index contributed by atoms with van der Waals surface area (Å²) in [5, 5.41) is 13.0. The summed E-state index contributed by atoms with van der Waals surface area (Å²) in [5.41, 5.74) is 8.19. The second-order valence-electron chi connectivity index (χ2n) is 7.40. The van der Waals surface area contributed by atoms with Gasteiger partial charge in [-0.1, -0.05) is 11.3 Å². The zero-order chi connectivity index (χ0) is 21.4. The van der Waals surface area contributed by atoms with Crippen LogP contribution in [0.1, 0.15) is 31.5 Å². The van der Waals surface area contributed by atoms with Gasteiger partial charge in [0, 0.05) is 32.3 Å². The lowest BCUT2D eigenvalue weighted by Gasteiger charge is -2.21. The molecule has 0 saturated carbocycles. The monoisotopic (exact) mass is 431 g/mol. The number of nitrogens with two attached hydrogens (primary N) is 1. The number of rotatable bonds is 5. The molecule has 2 aromatic rings. The van der Waals surface area contributed by atoms with E-state index in [-0.39, 0.29) is 13.0 Å². The van der Waals surface area contributed by atoms with E-state index in [1.54, 1.807) is 0 Å². The van der Waals surface area contributed by atoms with E-state index in [4.69, 9.17) is 10.7 Å². The van der Waals surface area contributed by atoms with Crippen LogP contribution in [-0.2, 0) is 17.6 Å². The summed E-state index contributed by atoms with van der Waals surface area (Å²) in [6, 6.07) is -1.31. The van der Waals surface area contributed by atoms with Crippen LogP contribution in [0.15, 0.2) is 6.20 Å². The summed E-state index contributed by atoms with van der Waals surface area (Å²) in [6.45, 7) is 5.82. The third-order valence-corrected chi connectivity index (χ3v) is 6.54. The number of β-amino-alcohol motifs (C(OH)–C–C–N with tert-alkyl or cyclic N) is 1. The fourth-order valence-electron chi connectivity index (χ4n) is 3.92. The van der Waals surface area contributed by atoms with Crippen molar-refractivity contribution in [1.29, 1.82) is 0 Å². The van der Waals surface area contributed by atoms with Gasteiger partial charge in [0.15, 0.2) is 5.13 Å². The van der Waals surface area contributed by atoms with Gasteiger partial charge >= 0.3 is 6.03 Å². The molecule has 1 aliphatic carbocycles. The standard InChI is InChI=1S/C19H25N7O3S/c1-3-25(4-2)17-21-8-10-5-6-12-15(14(10)23-17)30-18(22-12)24-19(29)26-9-11(27)7-13(26)16(20)28/h8,11,13,27H,3-7,9H2,1-2H3,(H2,20,28)(H,22,24,29)/t11-,13+/m1/s1. The number of thiazole rings is 1. The number of likely N-dealkylation sites (tertiary alicyclic amines) is 1. The van der Waals surface area contributed by atoms with Gasteiger partial charge < -0.3 is 20.6 Å². The number of nitrogens with one attached hydrogen (secondary N) is 1. The van der Waals surface area contributed by atoms with Gasteiger partial charge in [0.2, 0.25) is 11.9 Å². The lowest BCUT2D eigenvalue weighted by molar-refractivity contribution is -0.121. The fourth-order valence-corrected chi connectivity index (χ4v) is 4.95. The number of anilines is 2. The van der Waals surface area contributed by atoms with Crippen molar-refractivity contribution in [3.63, 3.8) is 0 Å². The highest BCUT2D eigenvalue weighted by molar-refractivity contribution is 7.19. The average Bonchev–Trinajstić information content (AvgIpc) is 3.32. The van der Waals surface area contributed by atoms with E-state index in [0.29, 0.717) is 11.1 Å². The Balaban J connectivity index is 1.58. The quantitative estimate of drug-likeness (QED) is 0.642. The summed E-state index contributed by atoms with van der Waals surface area (Å²) in [4.78, 5) is 42.4. The van der Waals surface area contributed by atoms with Crippen molar-refractivity contribution >= 4 is 34.4 Å². The Morgan fingerprint density at radius 1 is 1.33 bits per heavy atom. The van der Waals surface area contributed by atoms with Crippen molar-refractivity contribution in [3.8, 4) is 10.6 Å². The average molecular weight is 432 g/mol. The number of primary amides is 1. The number of carbonyl (C=O) groups is 2. The number of fused-ring (bicyclic) bond motifs is 3. The topological polar surface area (TPSA) is 138 Å². The molecule has 0 bridgehead atoms. The van der Waals surface area contributed by atoms with Crippen LogP contribution in [0.2, 0.25) is 0 Å². The van der Waals surface area contributed by atoms with Gasteiger partial charge in [-0.3, -0.25) is 10.1 Å². The Kier molecular flexibility index (Phi) is 5.56. The Bertz CT molecular complexity index is 975. The molecule has 0 aromatic carbocycles. The van der Waals surface area contributed by atoms with Crippen molar-refractivity contribution in [2.75, 3.05) is 29.9 Å². The number of aryl methyl sites for hydroxylation is 2. The van der Waals surface area contributed by atoms with Crippen molar-refractivity contribution in [2.45, 2.75) is 45.3 Å². The molecule has 2 aromatic heterocycles. The van der Waals surface area contributed by atoms with E-state index < -0.39 is 24.1 Å². The number of carbonyl (C=O) groups excluding carboxylic acids is 2. The molecule has 0 spiro atoms. The highest BCUT2D eigenvalue weighted by atomic mass is 32.1. The summed E-state index contributed by atoms with van der Waals surface area (Å²) in [6.07, 6.45) is 2.80. The second-order valence-corrected chi connectivity index (χ2v) is 8.40. The number of hydrogen-bond donors (Lipinski definition) is 3. The first-order chi connectivity index (χ1) is 14.4. The summed E-state index contributed by atoms with van der Waals surface area (Å²) < 4.78 is 0. The van der Waals surface area contributed by atoms with Crippen LogP contribution in [0.25, 0.3) is 10.6 Å². The zero-order valence-corrected chi connectivity index (χ0v) is 17.8. The molecular formula is C19H25N7O3S. The lowest BCUT2D eigenvalue weighted by atomic mass is 10.00. The van der Waals surface area contributed by atoms with E-state index >= 15 is 0 Å².